The zero-order valence-electron chi connectivity index (χ0n) is 15.7. The molecule has 2 aliphatic heterocycles. The molecule has 0 spiro atoms. The fourth-order valence-corrected chi connectivity index (χ4v) is 4.01. The van der Waals surface area contributed by atoms with E-state index in [4.69, 9.17) is 0 Å². The first-order valence-electron chi connectivity index (χ1n) is 9.53. The van der Waals surface area contributed by atoms with Gasteiger partial charge in [-0.1, -0.05) is 48.0 Å². The van der Waals surface area contributed by atoms with Crippen molar-refractivity contribution in [3.8, 4) is 0 Å². The average Bonchev–Trinajstić information content (AvgIpc) is 3.11. The third-order valence-corrected chi connectivity index (χ3v) is 5.40. The van der Waals surface area contributed by atoms with E-state index in [2.05, 4.69) is 10.6 Å². The standard InChI is InChI=1S/C22H23N3O3/c1-14-6-5-9-16(10-14)20(26)23-17-12-19-21(27)24-18(22(28)25(19)13-17)11-15-7-3-2-4-8-15/h2-10,17-19H,11-13H2,1H3,(H,23,26)(H,24,27)/t17-,18+,19-/m0/s1. The van der Waals surface area contributed by atoms with Crippen molar-refractivity contribution in [3.63, 3.8) is 0 Å². The van der Waals surface area contributed by atoms with E-state index < -0.39 is 12.1 Å². The minimum absolute atomic E-state index is 0.0826. The molecule has 2 heterocycles. The maximum absolute atomic E-state index is 12.9. The van der Waals surface area contributed by atoms with E-state index in [0.29, 0.717) is 24.9 Å². The van der Waals surface area contributed by atoms with Gasteiger partial charge in [-0.2, -0.15) is 0 Å². The second kappa shape index (κ2) is 7.46. The van der Waals surface area contributed by atoms with Crippen molar-refractivity contribution < 1.29 is 14.4 Å². The van der Waals surface area contributed by atoms with Crippen molar-refractivity contribution >= 4 is 17.7 Å². The van der Waals surface area contributed by atoms with Gasteiger partial charge in [-0.05, 0) is 31.0 Å². The van der Waals surface area contributed by atoms with E-state index in [9.17, 15) is 14.4 Å². The Kier molecular flexibility index (Phi) is 4.86. The Labute approximate surface area is 163 Å². The summed E-state index contributed by atoms with van der Waals surface area (Å²) in [4.78, 5) is 39.6. The fraction of sp³-hybridized carbons (Fsp3) is 0.318. The zero-order chi connectivity index (χ0) is 19.7. The van der Waals surface area contributed by atoms with Crippen molar-refractivity contribution in [2.45, 2.75) is 37.9 Å². The fourth-order valence-electron chi connectivity index (χ4n) is 4.01. The summed E-state index contributed by atoms with van der Waals surface area (Å²) < 4.78 is 0. The first-order chi connectivity index (χ1) is 13.5. The highest BCUT2D eigenvalue weighted by Crippen LogP contribution is 2.24. The molecule has 6 heteroatoms. The number of nitrogens with one attached hydrogen (secondary N) is 2. The van der Waals surface area contributed by atoms with Crippen LogP contribution in [-0.4, -0.2) is 47.3 Å². The zero-order valence-corrected chi connectivity index (χ0v) is 15.7. The Morgan fingerprint density at radius 3 is 2.68 bits per heavy atom. The van der Waals surface area contributed by atoms with E-state index in [0.717, 1.165) is 11.1 Å². The van der Waals surface area contributed by atoms with Crippen LogP contribution in [0.15, 0.2) is 54.6 Å². The number of fused-ring (bicyclic) bond motifs is 1. The topological polar surface area (TPSA) is 78.5 Å². The van der Waals surface area contributed by atoms with Gasteiger partial charge in [-0.25, -0.2) is 0 Å². The molecule has 2 fully saturated rings. The number of carbonyl (C=O) groups excluding carboxylic acids is 3. The Hall–Kier alpha value is -3.15. The highest BCUT2D eigenvalue weighted by Gasteiger charge is 2.46. The number of piperazine rings is 1. The van der Waals surface area contributed by atoms with Crippen LogP contribution in [0.25, 0.3) is 0 Å². The number of carbonyl (C=O) groups is 3. The molecule has 2 saturated heterocycles. The molecule has 144 valence electrons. The molecule has 0 unspecified atom stereocenters. The van der Waals surface area contributed by atoms with Crippen LogP contribution in [0.3, 0.4) is 0 Å². The molecule has 2 aromatic carbocycles. The summed E-state index contributed by atoms with van der Waals surface area (Å²) in [6.45, 7) is 2.29. The van der Waals surface area contributed by atoms with Crippen LogP contribution in [0, 0.1) is 6.92 Å². The predicted molar refractivity (Wildman–Crippen MR) is 105 cm³/mol. The molecular formula is C22H23N3O3. The molecule has 0 saturated carbocycles. The van der Waals surface area contributed by atoms with Gasteiger partial charge in [0.15, 0.2) is 0 Å². The monoisotopic (exact) mass is 377 g/mol. The molecule has 0 bridgehead atoms. The molecule has 2 aromatic rings. The van der Waals surface area contributed by atoms with Gasteiger partial charge in [0.2, 0.25) is 11.8 Å². The molecule has 0 aromatic heterocycles. The molecule has 28 heavy (non-hydrogen) atoms. The predicted octanol–water partition coefficient (Wildman–Crippen LogP) is 1.44. The number of nitrogens with zero attached hydrogens (tertiary/aromatic N) is 1. The molecule has 3 atom stereocenters. The number of aryl methyl sites for hydroxylation is 1. The summed E-state index contributed by atoms with van der Waals surface area (Å²) in [5.41, 5.74) is 2.60. The van der Waals surface area contributed by atoms with Gasteiger partial charge in [-0.3, -0.25) is 14.4 Å². The lowest BCUT2D eigenvalue weighted by atomic mass is 10.0. The lowest BCUT2D eigenvalue weighted by Crippen LogP contribution is -2.61. The largest absolute Gasteiger partial charge is 0.347 e. The quantitative estimate of drug-likeness (QED) is 0.846. The highest BCUT2D eigenvalue weighted by atomic mass is 16.2. The number of hydrogen-bond acceptors (Lipinski definition) is 3. The normalized spacial score (nSPS) is 23.9. The summed E-state index contributed by atoms with van der Waals surface area (Å²) in [5, 5.41) is 5.83. The van der Waals surface area contributed by atoms with Crippen molar-refractivity contribution in [2.75, 3.05) is 6.54 Å². The molecule has 4 rings (SSSR count). The van der Waals surface area contributed by atoms with Crippen molar-refractivity contribution in [1.82, 2.24) is 15.5 Å². The molecule has 3 amide bonds. The summed E-state index contributed by atoms with van der Waals surface area (Å²) >= 11 is 0. The summed E-state index contributed by atoms with van der Waals surface area (Å²) in [7, 11) is 0. The molecule has 6 nitrogen and oxygen atoms in total. The Balaban J connectivity index is 1.43. The third-order valence-electron chi connectivity index (χ3n) is 5.40. The van der Waals surface area contributed by atoms with Crippen LogP contribution >= 0.6 is 0 Å². The Morgan fingerprint density at radius 2 is 1.93 bits per heavy atom. The first-order valence-corrected chi connectivity index (χ1v) is 9.53. The van der Waals surface area contributed by atoms with Gasteiger partial charge >= 0.3 is 0 Å². The maximum atomic E-state index is 12.9. The van der Waals surface area contributed by atoms with Crippen LogP contribution in [0.1, 0.15) is 27.9 Å². The van der Waals surface area contributed by atoms with Crippen LogP contribution in [0.2, 0.25) is 0 Å². The van der Waals surface area contributed by atoms with Gasteiger partial charge in [0.25, 0.3) is 5.91 Å². The van der Waals surface area contributed by atoms with Gasteiger partial charge in [-0.15, -0.1) is 0 Å². The number of amides is 3. The first kappa shape index (κ1) is 18.2. The van der Waals surface area contributed by atoms with Crippen molar-refractivity contribution in [2.24, 2.45) is 0 Å². The van der Waals surface area contributed by atoms with Crippen LogP contribution in [0.5, 0.6) is 0 Å². The van der Waals surface area contributed by atoms with Gasteiger partial charge in [0.1, 0.15) is 12.1 Å². The van der Waals surface area contributed by atoms with E-state index >= 15 is 0 Å². The van der Waals surface area contributed by atoms with Crippen molar-refractivity contribution in [3.05, 3.63) is 71.3 Å². The number of benzene rings is 2. The van der Waals surface area contributed by atoms with Crippen LogP contribution < -0.4 is 10.6 Å². The lowest BCUT2D eigenvalue weighted by molar-refractivity contribution is -0.147. The number of hydrogen-bond donors (Lipinski definition) is 2. The SMILES string of the molecule is Cc1cccc(C(=O)N[C@H]2C[C@H]3C(=O)N[C@H](Cc4ccccc4)C(=O)N3C2)c1. The molecule has 2 N–H and O–H groups in total. The highest BCUT2D eigenvalue weighted by molar-refractivity contribution is 5.98. The van der Waals surface area contributed by atoms with Crippen LogP contribution in [-0.2, 0) is 16.0 Å². The van der Waals surface area contributed by atoms with Gasteiger partial charge in [0.05, 0.1) is 0 Å². The molecular weight excluding hydrogens is 354 g/mol. The second-order valence-electron chi connectivity index (χ2n) is 7.53. The van der Waals surface area contributed by atoms with E-state index in [-0.39, 0.29) is 23.8 Å². The van der Waals surface area contributed by atoms with Gasteiger partial charge in [0, 0.05) is 24.6 Å². The minimum Gasteiger partial charge on any atom is -0.347 e. The number of rotatable bonds is 4. The average molecular weight is 377 g/mol. The maximum Gasteiger partial charge on any atom is 0.251 e. The summed E-state index contributed by atoms with van der Waals surface area (Å²) in [6.07, 6.45) is 0.905. The van der Waals surface area contributed by atoms with Crippen molar-refractivity contribution in [1.29, 1.82) is 0 Å². The lowest BCUT2D eigenvalue weighted by Gasteiger charge is -2.34. The van der Waals surface area contributed by atoms with E-state index in [1.807, 2.05) is 55.5 Å². The Morgan fingerprint density at radius 1 is 1.14 bits per heavy atom. The minimum atomic E-state index is -0.558. The van der Waals surface area contributed by atoms with E-state index in [1.165, 1.54) is 0 Å². The summed E-state index contributed by atoms with van der Waals surface area (Å²) in [5.74, 6) is -0.407. The third kappa shape index (κ3) is 3.63. The smallest absolute Gasteiger partial charge is 0.251 e. The molecule has 0 radical (unpaired) electrons. The van der Waals surface area contributed by atoms with E-state index in [1.54, 1.807) is 11.0 Å². The Bertz CT molecular complexity index is 912. The second-order valence-corrected chi connectivity index (χ2v) is 7.53. The van der Waals surface area contributed by atoms with Crippen LogP contribution in [0.4, 0.5) is 0 Å². The molecule has 2 aliphatic rings. The molecule has 0 aliphatic carbocycles. The summed E-state index contributed by atoms with van der Waals surface area (Å²) in [6, 6.07) is 15.7. The van der Waals surface area contributed by atoms with Gasteiger partial charge < -0.3 is 15.5 Å².